The molecule has 9 heavy (non-hydrogen) atoms. The average Bonchev–Trinajstić information content (AvgIpc) is 1.89. The Kier molecular flexibility index (Phi) is 7.70. The molecule has 2 N–H and O–H groups in total. The van der Waals surface area contributed by atoms with E-state index < -0.39 is 0 Å². The minimum Gasteiger partial charge on any atom is -0.370 e. The molecule has 0 saturated heterocycles. The Bertz CT molecular complexity index is 46.2. The Labute approximate surface area is 55.5 Å². The van der Waals surface area contributed by atoms with Gasteiger partial charge in [0, 0.05) is 20.9 Å². The molecule has 0 aliphatic carbocycles. The Morgan fingerprint density at radius 3 is 1.78 bits per heavy atom. The zero-order valence-corrected chi connectivity index (χ0v) is 5.94. The number of rotatable bonds is 6. The molecule has 0 spiro atoms. The molecule has 0 heterocycles. The van der Waals surface area contributed by atoms with Crippen LogP contribution in [0, 0.1) is 0 Å². The fraction of sp³-hybridized carbons (Fsp3) is 1.00. The van der Waals surface area contributed by atoms with Gasteiger partial charge in [-0.3, -0.25) is 10.6 Å². The summed E-state index contributed by atoms with van der Waals surface area (Å²) in [6.07, 6.45) is 0. The predicted molar refractivity (Wildman–Crippen MR) is 34.9 cm³/mol. The summed E-state index contributed by atoms with van der Waals surface area (Å²) in [5.74, 6) is 0. The first-order valence-corrected chi connectivity index (χ1v) is 2.81. The van der Waals surface area contributed by atoms with Crippen molar-refractivity contribution < 1.29 is 9.47 Å². The molecular formula is C5H14N2O2. The van der Waals surface area contributed by atoms with Gasteiger partial charge in [0.1, 0.15) is 0 Å². The van der Waals surface area contributed by atoms with Crippen molar-refractivity contribution in [2.75, 3.05) is 34.3 Å². The topological polar surface area (TPSA) is 42.5 Å². The van der Waals surface area contributed by atoms with Crippen LogP contribution in [0.5, 0.6) is 0 Å². The molecule has 0 aromatic rings. The first-order valence-electron chi connectivity index (χ1n) is 2.81. The molecule has 0 bridgehead atoms. The van der Waals surface area contributed by atoms with Crippen LogP contribution in [0.15, 0.2) is 0 Å². The summed E-state index contributed by atoms with van der Waals surface area (Å²) in [6.45, 7) is 1.84. The van der Waals surface area contributed by atoms with Crippen LogP contribution in [0.25, 0.3) is 0 Å². The maximum atomic E-state index is 4.73. The molecule has 0 rings (SSSR count). The first kappa shape index (κ1) is 8.84. The zero-order chi connectivity index (χ0) is 6.95. The third-order valence-corrected chi connectivity index (χ3v) is 0.743. The molecule has 0 unspecified atom stereocenters. The smallest absolute Gasteiger partial charge is 0.0971 e. The highest BCUT2D eigenvalue weighted by Crippen LogP contribution is 1.58. The van der Waals surface area contributed by atoms with Crippen LogP contribution in [0.3, 0.4) is 0 Å². The van der Waals surface area contributed by atoms with Crippen molar-refractivity contribution in [3.05, 3.63) is 0 Å². The molecule has 0 aliphatic heterocycles. The molecule has 0 atom stereocenters. The summed E-state index contributed by atoms with van der Waals surface area (Å²) in [4.78, 5) is 0. The maximum absolute atomic E-state index is 4.73. The highest BCUT2D eigenvalue weighted by molar-refractivity contribution is 4.31. The summed E-state index contributed by atoms with van der Waals surface area (Å²) in [5.41, 5.74) is 0. The van der Waals surface area contributed by atoms with Gasteiger partial charge in [0.05, 0.1) is 13.5 Å². The summed E-state index contributed by atoms with van der Waals surface area (Å²) >= 11 is 0. The van der Waals surface area contributed by atoms with E-state index in [0.717, 1.165) is 0 Å². The van der Waals surface area contributed by atoms with E-state index in [-0.39, 0.29) is 0 Å². The number of hydrogen-bond acceptors (Lipinski definition) is 4. The second-order valence-electron chi connectivity index (χ2n) is 1.54. The van der Waals surface area contributed by atoms with Crippen LogP contribution < -0.4 is 10.6 Å². The fourth-order valence-corrected chi connectivity index (χ4v) is 0.395. The van der Waals surface area contributed by atoms with Crippen LogP contribution in [-0.4, -0.2) is 34.3 Å². The van der Waals surface area contributed by atoms with E-state index >= 15 is 0 Å². The van der Waals surface area contributed by atoms with Gasteiger partial charge in [-0.1, -0.05) is 0 Å². The SMILES string of the molecule is COCNCNCOC. The molecule has 0 amide bonds. The minimum atomic E-state index is 0.566. The Balaban J connectivity index is 2.60. The van der Waals surface area contributed by atoms with Gasteiger partial charge >= 0.3 is 0 Å². The standard InChI is InChI=1S/C5H14N2O2/c1-8-4-6-3-7-5-9-2/h6-7H,3-5H2,1-2H3. The van der Waals surface area contributed by atoms with Crippen molar-refractivity contribution in [1.29, 1.82) is 0 Å². The maximum Gasteiger partial charge on any atom is 0.0971 e. The molecular weight excluding hydrogens is 120 g/mol. The zero-order valence-electron chi connectivity index (χ0n) is 5.94. The van der Waals surface area contributed by atoms with Crippen LogP contribution in [-0.2, 0) is 9.47 Å². The van der Waals surface area contributed by atoms with Crippen molar-refractivity contribution in [1.82, 2.24) is 10.6 Å². The van der Waals surface area contributed by atoms with E-state index in [2.05, 4.69) is 10.6 Å². The molecule has 0 fully saturated rings. The predicted octanol–water partition coefficient (Wildman–Crippen LogP) is -0.669. The molecule has 0 aromatic carbocycles. The Morgan fingerprint density at radius 2 is 1.44 bits per heavy atom. The van der Waals surface area contributed by atoms with Gasteiger partial charge in [0.15, 0.2) is 0 Å². The van der Waals surface area contributed by atoms with Crippen molar-refractivity contribution in [2.24, 2.45) is 0 Å². The van der Waals surface area contributed by atoms with E-state index in [4.69, 9.17) is 9.47 Å². The van der Waals surface area contributed by atoms with E-state index in [1.807, 2.05) is 0 Å². The van der Waals surface area contributed by atoms with Crippen molar-refractivity contribution in [3.63, 3.8) is 0 Å². The van der Waals surface area contributed by atoms with Crippen LogP contribution >= 0.6 is 0 Å². The van der Waals surface area contributed by atoms with Crippen LogP contribution in [0.4, 0.5) is 0 Å². The summed E-state index contributed by atoms with van der Waals surface area (Å²) in [5, 5.41) is 5.91. The lowest BCUT2D eigenvalue weighted by molar-refractivity contribution is 0.149. The number of nitrogens with one attached hydrogen (secondary N) is 2. The van der Waals surface area contributed by atoms with Gasteiger partial charge in [0.25, 0.3) is 0 Å². The summed E-state index contributed by atoms with van der Waals surface area (Å²) < 4.78 is 9.46. The summed E-state index contributed by atoms with van der Waals surface area (Å²) in [7, 11) is 3.28. The Hall–Kier alpha value is -0.160. The lowest BCUT2D eigenvalue weighted by atomic mass is 10.9. The normalized spacial score (nSPS) is 10.0. The lowest BCUT2D eigenvalue weighted by Gasteiger charge is -2.03. The molecule has 0 aromatic heterocycles. The van der Waals surface area contributed by atoms with E-state index in [1.54, 1.807) is 14.2 Å². The average molecular weight is 134 g/mol. The molecule has 4 heteroatoms. The third kappa shape index (κ3) is 7.84. The monoisotopic (exact) mass is 134 g/mol. The number of ether oxygens (including phenoxy) is 2. The molecule has 56 valence electrons. The van der Waals surface area contributed by atoms with Gasteiger partial charge in [-0.05, 0) is 0 Å². The quantitative estimate of drug-likeness (QED) is 0.373. The largest absolute Gasteiger partial charge is 0.370 e. The van der Waals surface area contributed by atoms with Gasteiger partial charge in [-0.25, -0.2) is 0 Å². The van der Waals surface area contributed by atoms with Crippen molar-refractivity contribution in [2.45, 2.75) is 0 Å². The van der Waals surface area contributed by atoms with E-state index in [9.17, 15) is 0 Å². The van der Waals surface area contributed by atoms with Gasteiger partial charge in [-0.2, -0.15) is 0 Å². The summed E-state index contributed by atoms with van der Waals surface area (Å²) in [6, 6.07) is 0. The second-order valence-corrected chi connectivity index (χ2v) is 1.54. The highest BCUT2D eigenvalue weighted by atomic mass is 16.5. The first-order chi connectivity index (χ1) is 4.41. The molecule has 4 nitrogen and oxygen atoms in total. The van der Waals surface area contributed by atoms with E-state index in [1.165, 1.54) is 0 Å². The Morgan fingerprint density at radius 1 is 1.00 bits per heavy atom. The highest BCUT2D eigenvalue weighted by Gasteiger charge is 1.80. The molecule has 0 saturated carbocycles. The van der Waals surface area contributed by atoms with Crippen molar-refractivity contribution >= 4 is 0 Å². The van der Waals surface area contributed by atoms with Gasteiger partial charge in [0.2, 0.25) is 0 Å². The molecule has 0 aliphatic rings. The van der Waals surface area contributed by atoms with Gasteiger partial charge in [-0.15, -0.1) is 0 Å². The van der Waals surface area contributed by atoms with Crippen molar-refractivity contribution in [3.8, 4) is 0 Å². The minimum absolute atomic E-state index is 0.566. The van der Waals surface area contributed by atoms with Crippen LogP contribution in [0.1, 0.15) is 0 Å². The second kappa shape index (κ2) is 7.84. The third-order valence-electron chi connectivity index (χ3n) is 0.743. The van der Waals surface area contributed by atoms with E-state index in [0.29, 0.717) is 20.1 Å². The fourth-order valence-electron chi connectivity index (χ4n) is 0.395. The number of methoxy groups -OCH3 is 2. The van der Waals surface area contributed by atoms with Crippen LogP contribution in [0.2, 0.25) is 0 Å². The number of hydrogen-bond donors (Lipinski definition) is 2. The molecule has 0 radical (unpaired) electrons. The van der Waals surface area contributed by atoms with Gasteiger partial charge < -0.3 is 9.47 Å². The lowest BCUT2D eigenvalue weighted by Crippen LogP contribution is -2.31.